The van der Waals surface area contributed by atoms with Crippen molar-refractivity contribution in [2.24, 2.45) is 5.92 Å². The molecule has 3 unspecified atom stereocenters. The van der Waals surface area contributed by atoms with E-state index >= 15 is 0 Å². The van der Waals surface area contributed by atoms with E-state index in [1.807, 2.05) is 27.7 Å². The standard InChI is InChI=1S/C16H30N2O3/c1-6-11(3)15(16(21)17-12(4)7-2)18-14(20)10-8-9-13(5)19/h11-12,15,19H,5-10H2,1-4H3,(H,17,21)(H,18,20). The van der Waals surface area contributed by atoms with E-state index in [0.717, 1.165) is 12.8 Å². The molecule has 0 aliphatic heterocycles. The minimum atomic E-state index is -0.506. The van der Waals surface area contributed by atoms with Crippen molar-refractivity contribution in [1.29, 1.82) is 0 Å². The summed E-state index contributed by atoms with van der Waals surface area (Å²) in [7, 11) is 0. The van der Waals surface area contributed by atoms with Crippen molar-refractivity contribution in [3.8, 4) is 0 Å². The van der Waals surface area contributed by atoms with Gasteiger partial charge >= 0.3 is 0 Å². The third-order valence-electron chi connectivity index (χ3n) is 3.68. The molecule has 2 amide bonds. The number of hydrogen-bond acceptors (Lipinski definition) is 3. The SMILES string of the molecule is C=C(O)CCCC(=O)NC(C(=O)NC(C)CC)C(C)CC. The van der Waals surface area contributed by atoms with E-state index in [0.29, 0.717) is 12.8 Å². The molecule has 122 valence electrons. The fourth-order valence-electron chi connectivity index (χ4n) is 1.84. The van der Waals surface area contributed by atoms with Gasteiger partial charge in [0, 0.05) is 18.9 Å². The molecule has 0 fully saturated rings. The lowest BCUT2D eigenvalue weighted by Gasteiger charge is -2.25. The summed E-state index contributed by atoms with van der Waals surface area (Å²) in [4.78, 5) is 24.2. The van der Waals surface area contributed by atoms with Gasteiger partial charge in [0.25, 0.3) is 0 Å². The zero-order valence-electron chi connectivity index (χ0n) is 13.7. The zero-order chi connectivity index (χ0) is 16.4. The first-order chi connectivity index (χ1) is 9.81. The van der Waals surface area contributed by atoms with Gasteiger partial charge in [0.05, 0.1) is 5.76 Å². The van der Waals surface area contributed by atoms with E-state index < -0.39 is 6.04 Å². The molecule has 0 saturated heterocycles. The number of carbonyl (C=O) groups excluding carboxylic acids is 2. The van der Waals surface area contributed by atoms with Gasteiger partial charge in [-0.3, -0.25) is 9.59 Å². The molecule has 0 radical (unpaired) electrons. The van der Waals surface area contributed by atoms with Crippen LogP contribution in [0.2, 0.25) is 0 Å². The second-order valence-electron chi connectivity index (χ2n) is 5.67. The van der Waals surface area contributed by atoms with Crippen LogP contribution >= 0.6 is 0 Å². The predicted molar refractivity (Wildman–Crippen MR) is 84.9 cm³/mol. The lowest BCUT2D eigenvalue weighted by Crippen LogP contribution is -2.52. The lowest BCUT2D eigenvalue weighted by atomic mass is 9.97. The zero-order valence-corrected chi connectivity index (χ0v) is 13.7. The molecule has 0 aliphatic carbocycles. The summed E-state index contributed by atoms with van der Waals surface area (Å²) in [6.45, 7) is 11.3. The summed E-state index contributed by atoms with van der Waals surface area (Å²) in [5, 5.41) is 14.7. The number of nitrogens with one attached hydrogen (secondary N) is 2. The highest BCUT2D eigenvalue weighted by atomic mass is 16.3. The highest BCUT2D eigenvalue weighted by molar-refractivity contribution is 5.88. The van der Waals surface area contributed by atoms with E-state index in [-0.39, 0.29) is 36.0 Å². The van der Waals surface area contributed by atoms with E-state index in [1.54, 1.807) is 0 Å². The normalized spacial score (nSPS) is 14.9. The first-order valence-electron chi connectivity index (χ1n) is 7.78. The number of rotatable bonds is 10. The summed E-state index contributed by atoms with van der Waals surface area (Å²) in [5.74, 6) is -0.138. The van der Waals surface area contributed by atoms with Crippen molar-refractivity contribution in [2.75, 3.05) is 0 Å². The number of hydrogen-bond donors (Lipinski definition) is 3. The Morgan fingerprint density at radius 3 is 2.19 bits per heavy atom. The largest absolute Gasteiger partial charge is 0.513 e. The molecule has 0 saturated carbocycles. The molecule has 0 spiro atoms. The number of allylic oxidation sites excluding steroid dienone is 1. The van der Waals surface area contributed by atoms with Gasteiger partial charge < -0.3 is 15.7 Å². The summed E-state index contributed by atoms with van der Waals surface area (Å²) >= 11 is 0. The molecule has 0 bridgehead atoms. The van der Waals surface area contributed by atoms with Crippen molar-refractivity contribution in [2.45, 2.75) is 71.9 Å². The van der Waals surface area contributed by atoms with Gasteiger partial charge in [-0.2, -0.15) is 0 Å². The minimum absolute atomic E-state index is 0.0748. The maximum Gasteiger partial charge on any atom is 0.243 e. The van der Waals surface area contributed by atoms with E-state index in [2.05, 4.69) is 17.2 Å². The van der Waals surface area contributed by atoms with Crippen LogP contribution in [0, 0.1) is 5.92 Å². The van der Waals surface area contributed by atoms with Gasteiger partial charge in [-0.1, -0.05) is 33.8 Å². The van der Waals surface area contributed by atoms with Crippen LogP contribution in [0.15, 0.2) is 12.3 Å². The topological polar surface area (TPSA) is 78.4 Å². The van der Waals surface area contributed by atoms with Crippen molar-refractivity contribution in [3.05, 3.63) is 12.3 Å². The van der Waals surface area contributed by atoms with Gasteiger partial charge in [0.1, 0.15) is 6.04 Å². The Hall–Kier alpha value is -1.52. The summed E-state index contributed by atoms with van der Waals surface area (Å²) in [6, 6.07) is -0.410. The van der Waals surface area contributed by atoms with E-state index in [4.69, 9.17) is 5.11 Å². The molecule has 5 nitrogen and oxygen atoms in total. The molecule has 0 heterocycles. The quantitative estimate of drug-likeness (QED) is 0.543. The van der Waals surface area contributed by atoms with Crippen molar-refractivity contribution >= 4 is 11.8 Å². The monoisotopic (exact) mass is 298 g/mol. The van der Waals surface area contributed by atoms with Crippen molar-refractivity contribution in [1.82, 2.24) is 10.6 Å². The van der Waals surface area contributed by atoms with Crippen LogP contribution in [0.5, 0.6) is 0 Å². The van der Waals surface area contributed by atoms with Gasteiger partial charge in [-0.05, 0) is 25.7 Å². The number of aliphatic hydroxyl groups excluding tert-OH is 1. The third-order valence-corrected chi connectivity index (χ3v) is 3.68. The molecular weight excluding hydrogens is 268 g/mol. The third kappa shape index (κ3) is 8.38. The number of carbonyl (C=O) groups is 2. The maximum atomic E-state index is 12.3. The predicted octanol–water partition coefficient (Wildman–Crippen LogP) is 2.67. The molecule has 3 N–H and O–H groups in total. The van der Waals surface area contributed by atoms with Gasteiger partial charge in [-0.25, -0.2) is 0 Å². The highest BCUT2D eigenvalue weighted by Crippen LogP contribution is 2.10. The van der Waals surface area contributed by atoms with Gasteiger partial charge in [0.15, 0.2) is 0 Å². The molecule has 3 atom stereocenters. The average molecular weight is 298 g/mol. The number of aliphatic hydroxyl groups is 1. The van der Waals surface area contributed by atoms with Crippen molar-refractivity contribution < 1.29 is 14.7 Å². The van der Waals surface area contributed by atoms with Crippen LogP contribution in [0.4, 0.5) is 0 Å². The summed E-state index contributed by atoms with van der Waals surface area (Å²) in [6.07, 6.45) is 2.88. The molecule has 5 heteroatoms. The number of amides is 2. The van der Waals surface area contributed by atoms with Crippen molar-refractivity contribution in [3.63, 3.8) is 0 Å². The Kier molecular flexibility index (Phi) is 9.50. The molecule has 21 heavy (non-hydrogen) atoms. The van der Waals surface area contributed by atoms with Crippen LogP contribution in [0.25, 0.3) is 0 Å². The smallest absolute Gasteiger partial charge is 0.243 e. The minimum Gasteiger partial charge on any atom is -0.513 e. The van der Waals surface area contributed by atoms with Crippen LogP contribution in [0.3, 0.4) is 0 Å². The van der Waals surface area contributed by atoms with Gasteiger partial charge in [0.2, 0.25) is 11.8 Å². The summed E-state index contributed by atoms with van der Waals surface area (Å²) in [5.41, 5.74) is 0. The molecule has 0 aromatic carbocycles. The Labute approximate surface area is 128 Å². The Bertz CT molecular complexity index is 355. The van der Waals surface area contributed by atoms with E-state index in [9.17, 15) is 9.59 Å². The maximum absolute atomic E-state index is 12.3. The van der Waals surface area contributed by atoms with Crippen LogP contribution in [-0.4, -0.2) is 29.0 Å². The molecular formula is C16H30N2O3. The Morgan fingerprint density at radius 2 is 1.71 bits per heavy atom. The first-order valence-corrected chi connectivity index (χ1v) is 7.78. The van der Waals surface area contributed by atoms with Crippen LogP contribution in [0.1, 0.15) is 59.8 Å². The van der Waals surface area contributed by atoms with E-state index in [1.165, 1.54) is 0 Å². The second kappa shape index (κ2) is 10.2. The second-order valence-corrected chi connectivity index (χ2v) is 5.67. The first kappa shape index (κ1) is 19.5. The van der Waals surface area contributed by atoms with Crippen LogP contribution in [-0.2, 0) is 9.59 Å². The lowest BCUT2D eigenvalue weighted by molar-refractivity contribution is -0.130. The molecule has 0 aliphatic rings. The average Bonchev–Trinajstić information content (AvgIpc) is 2.43. The van der Waals surface area contributed by atoms with Gasteiger partial charge in [-0.15, -0.1) is 0 Å². The molecule has 0 aromatic rings. The highest BCUT2D eigenvalue weighted by Gasteiger charge is 2.26. The fourth-order valence-corrected chi connectivity index (χ4v) is 1.84. The Morgan fingerprint density at radius 1 is 1.10 bits per heavy atom. The molecule has 0 rings (SSSR count). The summed E-state index contributed by atoms with van der Waals surface area (Å²) < 4.78 is 0. The Balaban J connectivity index is 4.51. The fraction of sp³-hybridized carbons (Fsp3) is 0.750. The van der Waals surface area contributed by atoms with Crippen LogP contribution < -0.4 is 10.6 Å². The molecule has 0 aromatic heterocycles.